The van der Waals surface area contributed by atoms with Gasteiger partial charge in [0.05, 0.1) is 5.75 Å². The van der Waals surface area contributed by atoms with E-state index in [1.54, 1.807) is 24.3 Å². The number of benzene rings is 2. The normalized spacial score (nSPS) is 13.8. The Kier molecular flexibility index (Phi) is 6.30. The number of carbonyl (C=O) groups excluding carboxylic acids is 1. The molecule has 5 nitrogen and oxygen atoms in total. The van der Waals surface area contributed by atoms with E-state index in [9.17, 15) is 4.79 Å². The maximum absolute atomic E-state index is 12.3. The van der Waals surface area contributed by atoms with Crippen molar-refractivity contribution in [3.8, 4) is 5.75 Å². The van der Waals surface area contributed by atoms with Crippen molar-refractivity contribution in [3.63, 3.8) is 0 Å². The van der Waals surface area contributed by atoms with Crippen LogP contribution in [0.2, 0.25) is 5.02 Å². The molecule has 0 radical (unpaired) electrons. The molecule has 0 atom stereocenters. The lowest BCUT2D eigenvalue weighted by atomic mass is 10.2. The van der Waals surface area contributed by atoms with Gasteiger partial charge in [-0.2, -0.15) is 4.99 Å². The molecular weight excluding hydrogens is 370 g/mol. The summed E-state index contributed by atoms with van der Waals surface area (Å²) in [4.78, 5) is 16.7. The SMILES string of the molecule is CCN1CC(Oc2ccc(Cl)cc2)=NC(SCC(=O)c2ccccc2)=N1. The predicted molar refractivity (Wildman–Crippen MR) is 107 cm³/mol. The molecule has 0 fully saturated rings. The molecule has 1 heterocycles. The van der Waals surface area contributed by atoms with Gasteiger partial charge in [0.1, 0.15) is 12.3 Å². The number of amidine groups is 1. The fraction of sp³-hybridized carbons (Fsp3) is 0.211. The van der Waals surface area contributed by atoms with Crippen molar-refractivity contribution >= 4 is 40.2 Å². The topological polar surface area (TPSA) is 54.3 Å². The lowest BCUT2D eigenvalue weighted by molar-refractivity contribution is 0.102. The second-order valence-corrected chi connectivity index (χ2v) is 6.88. The number of thioether (sulfide) groups is 1. The first-order valence-electron chi connectivity index (χ1n) is 8.19. The highest BCUT2D eigenvalue weighted by Crippen LogP contribution is 2.19. The lowest BCUT2D eigenvalue weighted by Crippen LogP contribution is -2.33. The number of rotatable bonds is 5. The Morgan fingerprint density at radius 1 is 1.19 bits per heavy atom. The maximum Gasteiger partial charge on any atom is 0.218 e. The smallest absolute Gasteiger partial charge is 0.218 e. The molecule has 0 amide bonds. The lowest BCUT2D eigenvalue weighted by Gasteiger charge is -2.23. The number of halogens is 1. The van der Waals surface area contributed by atoms with Gasteiger partial charge in [-0.05, 0) is 31.2 Å². The number of hydrogen-bond donors (Lipinski definition) is 0. The summed E-state index contributed by atoms with van der Waals surface area (Å²) in [6.45, 7) is 3.21. The first kappa shape index (κ1) is 18.5. The zero-order valence-corrected chi connectivity index (χ0v) is 15.8. The van der Waals surface area contributed by atoms with Crippen LogP contribution in [0.25, 0.3) is 0 Å². The Balaban J connectivity index is 1.66. The van der Waals surface area contributed by atoms with E-state index in [4.69, 9.17) is 16.3 Å². The molecule has 0 N–H and O–H groups in total. The van der Waals surface area contributed by atoms with Gasteiger partial charge in [0.25, 0.3) is 0 Å². The predicted octanol–water partition coefficient (Wildman–Crippen LogP) is 4.34. The molecule has 2 aromatic carbocycles. The molecule has 1 aliphatic rings. The molecule has 0 aromatic heterocycles. The van der Waals surface area contributed by atoms with Crippen LogP contribution in [-0.2, 0) is 0 Å². The van der Waals surface area contributed by atoms with Crippen molar-refractivity contribution < 1.29 is 9.53 Å². The number of nitrogens with zero attached hydrogens (tertiary/aromatic N) is 3. The highest BCUT2D eigenvalue weighted by Gasteiger charge is 2.18. The van der Waals surface area contributed by atoms with E-state index >= 15 is 0 Å². The zero-order chi connectivity index (χ0) is 18.4. The maximum atomic E-state index is 12.3. The van der Waals surface area contributed by atoms with Gasteiger partial charge >= 0.3 is 0 Å². The molecule has 26 heavy (non-hydrogen) atoms. The van der Waals surface area contributed by atoms with Crippen molar-refractivity contribution in [2.75, 3.05) is 18.8 Å². The van der Waals surface area contributed by atoms with Gasteiger partial charge in [-0.25, -0.2) is 0 Å². The number of hydrogen-bond acceptors (Lipinski definition) is 6. The van der Waals surface area contributed by atoms with E-state index in [0.29, 0.717) is 33.9 Å². The van der Waals surface area contributed by atoms with Crippen LogP contribution in [0.15, 0.2) is 64.7 Å². The van der Waals surface area contributed by atoms with Crippen LogP contribution in [0, 0.1) is 0 Å². The van der Waals surface area contributed by atoms with Gasteiger partial charge in [0.2, 0.25) is 11.1 Å². The highest BCUT2D eigenvalue weighted by molar-refractivity contribution is 8.14. The van der Waals surface area contributed by atoms with Crippen molar-refractivity contribution in [1.82, 2.24) is 5.01 Å². The second-order valence-electron chi connectivity index (χ2n) is 5.50. The first-order chi connectivity index (χ1) is 12.6. The van der Waals surface area contributed by atoms with Gasteiger partial charge in [0.15, 0.2) is 5.78 Å². The minimum Gasteiger partial charge on any atom is -0.441 e. The Bertz CT molecular complexity index is 822. The van der Waals surface area contributed by atoms with Gasteiger partial charge in [-0.3, -0.25) is 9.80 Å². The van der Waals surface area contributed by atoms with E-state index in [2.05, 4.69) is 10.1 Å². The average molecular weight is 388 g/mol. The number of ether oxygens (including phenoxy) is 1. The molecule has 0 unspecified atom stereocenters. The molecule has 0 spiro atoms. The fourth-order valence-electron chi connectivity index (χ4n) is 2.25. The van der Waals surface area contributed by atoms with Crippen molar-refractivity contribution in [2.45, 2.75) is 6.92 Å². The molecule has 0 saturated heterocycles. The van der Waals surface area contributed by atoms with Crippen molar-refractivity contribution in [2.24, 2.45) is 10.1 Å². The Labute approximate surface area is 161 Å². The van der Waals surface area contributed by atoms with Gasteiger partial charge < -0.3 is 4.74 Å². The average Bonchev–Trinajstić information content (AvgIpc) is 2.68. The zero-order valence-electron chi connectivity index (χ0n) is 14.3. The number of aliphatic imine (C=N–C) groups is 1. The molecule has 7 heteroatoms. The minimum atomic E-state index is 0.0438. The van der Waals surface area contributed by atoms with Crippen LogP contribution >= 0.6 is 23.4 Å². The third-order valence-corrected chi connectivity index (χ3v) is 4.70. The summed E-state index contributed by atoms with van der Waals surface area (Å²) in [5.74, 6) is 1.52. The van der Waals surface area contributed by atoms with Crippen LogP contribution in [-0.4, -0.2) is 40.7 Å². The summed E-state index contributed by atoms with van der Waals surface area (Å²) in [6.07, 6.45) is 0. The van der Waals surface area contributed by atoms with Gasteiger partial charge in [-0.15, -0.1) is 5.10 Å². The Morgan fingerprint density at radius 3 is 2.62 bits per heavy atom. The van der Waals surface area contributed by atoms with Crippen LogP contribution in [0.5, 0.6) is 5.75 Å². The summed E-state index contributed by atoms with van der Waals surface area (Å²) in [6, 6.07) is 16.3. The number of hydrazone groups is 1. The molecule has 134 valence electrons. The van der Waals surface area contributed by atoms with Gasteiger partial charge in [0, 0.05) is 17.1 Å². The Morgan fingerprint density at radius 2 is 1.92 bits per heavy atom. The largest absolute Gasteiger partial charge is 0.441 e. The van der Waals surface area contributed by atoms with E-state index in [1.165, 1.54) is 11.8 Å². The highest BCUT2D eigenvalue weighted by atomic mass is 35.5. The third-order valence-electron chi connectivity index (χ3n) is 3.61. The van der Waals surface area contributed by atoms with E-state index in [1.807, 2.05) is 42.3 Å². The molecule has 2 aromatic rings. The first-order valence-corrected chi connectivity index (χ1v) is 9.56. The third kappa shape index (κ3) is 5.09. The van der Waals surface area contributed by atoms with Crippen molar-refractivity contribution in [3.05, 3.63) is 65.2 Å². The second kappa shape index (κ2) is 8.87. The van der Waals surface area contributed by atoms with Crippen LogP contribution in [0.1, 0.15) is 17.3 Å². The fourth-order valence-corrected chi connectivity index (χ4v) is 3.14. The standard InChI is InChI=1S/C19H18ClN3O2S/c1-2-23-12-18(25-16-10-8-15(20)9-11-16)21-19(22-23)26-13-17(24)14-6-4-3-5-7-14/h3-11H,2,12-13H2,1H3. The number of carbonyl (C=O) groups is 1. The Hall–Kier alpha value is -2.31. The number of likely N-dealkylation sites (N-methyl/N-ethyl adjacent to an activating group) is 1. The van der Waals surface area contributed by atoms with Crippen LogP contribution in [0.4, 0.5) is 0 Å². The van der Waals surface area contributed by atoms with E-state index in [-0.39, 0.29) is 11.5 Å². The molecular formula is C19H18ClN3O2S. The monoisotopic (exact) mass is 387 g/mol. The summed E-state index contributed by atoms with van der Waals surface area (Å²) < 4.78 is 5.83. The summed E-state index contributed by atoms with van der Waals surface area (Å²) in [7, 11) is 0. The van der Waals surface area contributed by atoms with Crippen molar-refractivity contribution in [1.29, 1.82) is 0 Å². The molecule has 0 aliphatic carbocycles. The van der Waals surface area contributed by atoms with Crippen LogP contribution < -0.4 is 4.74 Å². The summed E-state index contributed by atoms with van der Waals surface area (Å²) in [5, 5.41) is 7.47. The summed E-state index contributed by atoms with van der Waals surface area (Å²) >= 11 is 7.20. The molecule has 0 bridgehead atoms. The van der Waals surface area contributed by atoms with Crippen LogP contribution in [0.3, 0.4) is 0 Å². The van der Waals surface area contributed by atoms with E-state index < -0.39 is 0 Å². The van der Waals surface area contributed by atoms with E-state index in [0.717, 1.165) is 6.54 Å². The quantitative estimate of drug-likeness (QED) is 0.716. The molecule has 1 aliphatic heterocycles. The molecule has 3 rings (SSSR count). The van der Waals surface area contributed by atoms with Gasteiger partial charge in [-0.1, -0.05) is 53.7 Å². The number of ketones is 1. The number of Topliss-reactive ketones (excluding diaryl/α,β-unsaturated/α-hetero) is 1. The summed E-state index contributed by atoms with van der Waals surface area (Å²) in [5.41, 5.74) is 0.686. The molecule has 0 saturated carbocycles. The minimum absolute atomic E-state index is 0.0438.